The highest BCUT2D eigenvalue weighted by Crippen LogP contribution is 2.39. The van der Waals surface area contributed by atoms with Gasteiger partial charge < -0.3 is 9.88 Å². The molecular formula is C26H25N3O2S2. The Bertz CT molecular complexity index is 1350. The Kier molecular flexibility index (Phi) is 6.08. The molecule has 7 heteroatoms. The van der Waals surface area contributed by atoms with Crippen LogP contribution in [0.2, 0.25) is 0 Å². The van der Waals surface area contributed by atoms with Gasteiger partial charge in [0.15, 0.2) is 10.9 Å². The molecule has 0 atom stereocenters. The van der Waals surface area contributed by atoms with Crippen molar-refractivity contribution < 1.29 is 9.59 Å². The number of nitrogens with one attached hydrogen (secondary N) is 1. The molecule has 0 fully saturated rings. The normalized spacial score (nSPS) is 13.2. The second-order valence-corrected chi connectivity index (χ2v) is 10.4. The van der Waals surface area contributed by atoms with Gasteiger partial charge in [0.25, 0.3) is 0 Å². The number of nitrogens with zero attached hydrogens (tertiary/aromatic N) is 2. The summed E-state index contributed by atoms with van der Waals surface area (Å²) in [5.41, 5.74) is 5.54. The smallest absolute Gasteiger partial charge is 0.235 e. The van der Waals surface area contributed by atoms with Crippen molar-refractivity contribution in [2.45, 2.75) is 37.8 Å². The average molecular weight is 476 g/mol. The molecule has 0 bridgehead atoms. The van der Waals surface area contributed by atoms with Crippen molar-refractivity contribution in [3.8, 4) is 0 Å². The molecule has 1 aliphatic carbocycles. The van der Waals surface area contributed by atoms with Crippen molar-refractivity contribution in [3.63, 3.8) is 0 Å². The minimum absolute atomic E-state index is 0.00676. The van der Waals surface area contributed by atoms with E-state index in [1.807, 2.05) is 67.1 Å². The Labute approximate surface area is 201 Å². The molecule has 0 spiro atoms. The first-order valence-electron chi connectivity index (χ1n) is 11.1. The minimum atomic E-state index is -0.122. The molecule has 0 radical (unpaired) electrons. The van der Waals surface area contributed by atoms with Crippen molar-refractivity contribution >= 4 is 50.8 Å². The number of carbonyl (C=O) groups is 2. The van der Waals surface area contributed by atoms with Crippen LogP contribution in [0.1, 0.15) is 44.8 Å². The van der Waals surface area contributed by atoms with Crippen LogP contribution >= 0.6 is 23.1 Å². The highest BCUT2D eigenvalue weighted by Gasteiger charge is 2.27. The van der Waals surface area contributed by atoms with Gasteiger partial charge in [0.2, 0.25) is 5.91 Å². The van der Waals surface area contributed by atoms with E-state index in [4.69, 9.17) is 0 Å². The van der Waals surface area contributed by atoms with E-state index in [9.17, 15) is 9.59 Å². The summed E-state index contributed by atoms with van der Waals surface area (Å²) >= 11 is 2.97. The van der Waals surface area contributed by atoms with E-state index in [2.05, 4.69) is 10.3 Å². The third-order valence-corrected chi connectivity index (χ3v) is 8.28. The summed E-state index contributed by atoms with van der Waals surface area (Å²) in [7, 11) is 1.96. The lowest BCUT2D eigenvalue weighted by Crippen LogP contribution is -2.16. The number of ketones is 1. The van der Waals surface area contributed by atoms with Crippen molar-refractivity contribution in [1.82, 2.24) is 9.55 Å². The Hall–Kier alpha value is -2.90. The number of rotatable bonds is 6. The largest absolute Gasteiger partial charge is 0.322 e. The lowest BCUT2D eigenvalue weighted by molar-refractivity contribution is -0.113. The number of aryl methyl sites for hydroxylation is 3. The van der Waals surface area contributed by atoms with Gasteiger partial charge in [-0.2, -0.15) is 0 Å². The third kappa shape index (κ3) is 4.35. The van der Waals surface area contributed by atoms with E-state index in [1.165, 1.54) is 16.6 Å². The first kappa shape index (κ1) is 21.9. The van der Waals surface area contributed by atoms with E-state index in [-0.39, 0.29) is 17.4 Å². The Morgan fingerprint density at radius 1 is 1.09 bits per heavy atom. The lowest BCUT2D eigenvalue weighted by Gasteiger charge is -2.13. The molecular weight excluding hydrogens is 450 g/mol. The zero-order valence-electron chi connectivity index (χ0n) is 18.7. The number of thiophene rings is 1. The van der Waals surface area contributed by atoms with Crippen molar-refractivity contribution in [1.29, 1.82) is 0 Å². The maximum absolute atomic E-state index is 13.5. The van der Waals surface area contributed by atoms with Crippen LogP contribution in [0.5, 0.6) is 0 Å². The molecule has 0 saturated carbocycles. The summed E-state index contributed by atoms with van der Waals surface area (Å²) in [6.45, 7) is 2.01. The van der Waals surface area contributed by atoms with E-state index in [1.54, 1.807) is 11.3 Å². The van der Waals surface area contributed by atoms with Crippen LogP contribution < -0.4 is 5.32 Å². The number of benzene rings is 2. The summed E-state index contributed by atoms with van der Waals surface area (Å²) in [4.78, 5) is 32.2. The molecule has 0 unspecified atom stereocenters. The fourth-order valence-corrected chi connectivity index (χ4v) is 6.38. The molecule has 1 amide bonds. The van der Waals surface area contributed by atoms with Crippen molar-refractivity contribution in [2.24, 2.45) is 7.05 Å². The predicted octanol–water partition coefficient (Wildman–Crippen LogP) is 5.78. The van der Waals surface area contributed by atoms with Crippen LogP contribution in [0.4, 0.5) is 5.00 Å². The summed E-state index contributed by atoms with van der Waals surface area (Å²) < 4.78 is 2.00. The standard InChI is InChI=1S/C26H25N3O2S2/c1-16-11-13-17(14-12-16)24(31)23-18-7-3-6-10-21(18)33-25(23)28-22(30)15-32-26-27-19-8-4-5-9-20(19)29(26)2/h4-5,8-9,11-14H,3,6-7,10,15H2,1-2H3,(H,28,30). The summed E-state index contributed by atoms with van der Waals surface area (Å²) in [5, 5.41) is 4.54. The molecule has 2 aromatic heterocycles. The number of para-hydroxylation sites is 2. The highest BCUT2D eigenvalue weighted by molar-refractivity contribution is 7.99. The van der Waals surface area contributed by atoms with E-state index in [0.29, 0.717) is 16.1 Å². The van der Waals surface area contributed by atoms with Crippen LogP contribution in [-0.4, -0.2) is 27.0 Å². The number of carbonyl (C=O) groups excluding carboxylic acids is 2. The third-order valence-electron chi connectivity index (χ3n) is 6.04. The molecule has 0 saturated heterocycles. The zero-order chi connectivity index (χ0) is 22.9. The molecule has 1 aliphatic rings. The van der Waals surface area contributed by atoms with Gasteiger partial charge >= 0.3 is 0 Å². The number of anilines is 1. The molecule has 4 aromatic rings. The van der Waals surface area contributed by atoms with Gasteiger partial charge in [-0.15, -0.1) is 11.3 Å². The Morgan fingerprint density at radius 3 is 2.64 bits per heavy atom. The highest BCUT2D eigenvalue weighted by atomic mass is 32.2. The first-order chi connectivity index (χ1) is 16.0. The van der Waals surface area contributed by atoms with E-state index >= 15 is 0 Å². The average Bonchev–Trinajstić information content (AvgIpc) is 3.35. The number of hydrogen-bond acceptors (Lipinski definition) is 5. The number of hydrogen-bond donors (Lipinski definition) is 1. The predicted molar refractivity (Wildman–Crippen MR) is 136 cm³/mol. The number of imidazole rings is 1. The van der Waals surface area contributed by atoms with Crippen LogP contribution in [0.15, 0.2) is 53.7 Å². The Morgan fingerprint density at radius 2 is 1.85 bits per heavy atom. The van der Waals surface area contributed by atoms with Crippen LogP contribution in [0.3, 0.4) is 0 Å². The van der Waals surface area contributed by atoms with Gasteiger partial charge in [0, 0.05) is 17.5 Å². The maximum Gasteiger partial charge on any atom is 0.235 e. The summed E-state index contributed by atoms with van der Waals surface area (Å²) in [6.07, 6.45) is 4.07. The van der Waals surface area contributed by atoms with Crippen LogP contribution in [-0.2, 0) is 24.7 Å². The van der Waals surface area contributed by atoms with Gasteiger partial charge in [0.05, 0.1) is 22.3 Å². The second kappa shape index (κ2) is 9.15. The molecule has 2 heterocycles. The molecule has 5 rings (SSSR count). The second-order valence-electron chi connectivity index (χ2n) is 8.39. The number of amides is 1. The number of thioether (sulfide) groups is 1. The van der Waals surface area contributed by atoms with Gasteiger partial charge in [-0.3, -0.25) is 9.59 Å². The van der Waals surface area contributed by atoms with Crippen molar-refractivity contribution in [2.75, 3.05) is 11.1 Å². The fraction of sp³-hybridized carbons (Fsp3) is 0.269. The fourth-order valence-electron chi connectivity index (χ4n) is 4.29. The number of aromatic nitrogens is 2. The summed E-state index contributed by atoms with van der Waals surface area (Å²) in [5.74, 6) is 0.106. The molecule has 33 heavy (non-hydrogen) atoms. The molecule has 168 valence electrons. The lowest BCUT2D eigenvalue weighted by atomic mass is 9.91. The Balaban J connectivity index is 1.37. The molecule has 2 aromatic carbocycles. The van der Waals surface area contributed by atoms with Crippen molar-refractivity contribution in [3.05, 3.63) is 75.7 Å². The van der Waals surface area contributed by atoms with Gasteiger partial charge in [-0.05, 0) is 50.3 Å². The van der Waals surface area contributed by atoms with Crippen LogP contribution in [0, 0.1) is 6.92 Å². The van der Waals surface area contributed by atoms with Crippen LogP contribution in [0.25, 0.3) is 11.0 Å². The zero-order valence-corrected chi connectivity index (χ0v) is 20.3. The topological polar surface area (TPSA) is 64.0 Å². The molecule has 5 nitrogen and oxygen atoms in total. The summed E-state index contributed by atoms with van der Waals surface area (Å²) in [6, 6.07) is 15.6. The first-order valence-corrected chi connectivity index (χ1v) is 12.9. The van der Waals surface area contributed by atoms with Gasteiger partial charge in [0.1, 0.15) is 5.00 Å². The van der Waals surface area contributed by atoms with E-state index < -0.39 is 0 Å². The quantitative estimate of drug-likeness (QED) is 0.283. The van der Waals surface area contributed by atoms with E-state index in [0.717, 1.165) is 53.0 Å². The number of fused-ring (bicyclic) bond motifs is 2. The monoisotopic (exact) mass is 475 g/mol. The minimum Gasteiger partial charge on any atom is -0.322 e. The molecule has 1 N–H and O–H groups in total. The molecule has 0 aliphatic heterocycles. The van der Waals surface area contributed by atoms with Gasteiger partial charge in [-0.25, -0.2) is 4.98 Å². The SMILES string of the molecule is Cc1ccc(C(=O)c2c(NC(=O)CSc3nc4ccccc4n3C)sc3c2CCCC3)cc1. The maximum atomic E-state index is 13.5. The van der Waals surface area contributed by atoms with Gasteiger partial charge in [-0.1, -0.05) is 53.7 Å².